The van der Waals surface area contributed by atoms with Crippen molar-refractivity contribution >= 4 is 5.91 Å². The number of amides is 1. The van der Waals surface area contributed by atoms with Gasteiger partial charge in [0.05, 0.1) is 12.1 Å². The first-order chi connectivity index (χ1) is 7.15. The first-order valence-electron chi connectivity index (χ1n) is 5.78. The molecule has 1 fully saturated rings. The van der Waals surface area contributed by atoms with Crippen LogP contribution in [-0.4, -0.2) is 36.8 Å². The molecule has 15 heavy (non-hydrogen) atoms. The Bertz CT molecular complexity index is 209. The Morgan fingerprint density at radius 2 is 2.13 bits per heavy atom. The van der Waals surface area contributed by atoms with Crippen molar-refractivity contribution in [1.29, 1.82) is 0 Å². The SMILES string of the molecule is CNCC(C)C(=O)NC1CCCCC1O. The molecule has 0 spiro atoms. The fourth-order valence-electron chi connectivity index (χ4n) is 2.00. The summed E-state index contributed by atoms with van der Waals surface area (Å²) in [4.78, 5) is 11.7. The molecule has 0 saturated heterocycles. The quantitative estimate of drug-likeness (QED) is 0.629. The molecule has 1 aliphatic carbocycles. The molecule has 1 rings (SSSR count). The normalized spacial score (nSPS) is 28.5. The minimum absolute atomic E-state index is 0.0365. The Morgan fingerprint density at radius 1 is 1.47 bits per heavy atom. The van der Waals surface area contributed by atoms with Crippen molar-refractivity contribution in [3.8, 4) is 0 Å². The molecule has 0 bridgehead atoms. The fourth-order valence-corrected chi connectivity index (χ4v) is 2.00. The molecule has 4 nitrogen and oxygen atoms in total. The minimum Gasteiger partial charge on any atom is -0.391 e. The lowest BCUT2D eigenvalue weighted by Crippen LogP contribution is -2.47. The molecule has 4 heteroatoms. The number of carbonyl (C=O) groups is 1. The second kappa shape index (κ2) is 6.08. The van der Waals surface area contributed by atoms with Gasteiger partial charge in [-0.2, -0.15) is 0 Å². The van der Waals surface area contributed by atoms with E-state index in [2.05, 4.69) is 10.6 Å². The summed E-state index contributed by atoms with van der Waals surface area (Å²) in [6.07, 6.45) is 3.52. The molecular formula is C11H22N2O2. The predicted octanol–water partition coefficient (Wildman–Crippen LogP) is 0.262. The smallest absolute Gasteiger partial charge is 0.224 e. The minimum atomic E-state index is -0.357. The van der Waals surface area contributed by atoms with E-state index in [0.29, 0.717) is 6.54 Å². The maximum Gasteiger partial charge on any atom is 0.224 e. The largest absolute Gasteiger partial charge is 0.391 e. The lowest BCUT2D eigenvalue weighted by Gasteiger charge is -2.29. The van der Waals surface area contributed by atoms with Gasteiger partial charge in [0.25, 0.3) is 0 Å². The Kier molecular flexibility index (Phi) is 5.05. The van der Waals surface area contributed by atoms with Gasteiger partial charge >= 0.3 is 0 Å². The highest BCUT2D eigenvalue weighted by Crippen LogP contribution is 2.18. The predicted molar refractivity (Wildman–Crippen MR) is 59.5 cm³/mol. The maximum absolute atomic E-state index is 11.7. The fraction of sp³-hybridized carbons (Fsp3) is 0.909. The van der Waals surface area contributed by atoms with Crippen molar-refractivity contribution < 1.29 is 9.90 Å². The Hall–Kier alpha value is -0.610. The zero-order chi connectivity index (χ0) is 11.3. The molecule has 0 heterocycles. The van der Waals surface area contributed by atoms with Gasteiger partial charge in [-0.1, -0.05) is 19.8 Å². The van der Waals surface area contributed by atoms with Gasteiger partial charge < -0.3 is 15.7 Å². The molecule has 3 unspecified atom stereocenters. The Labute approximate surface area is 91.4 Å². The van der Waals surface area contributed by atoms with Gasteiger partial charge in [0.15, 0.2) is 0 Å². The van der Waals surface area contributed by atoms with Crippen molar-refractivity contribution in [3.63, 3.8) is 0 Å². The molecule has 1 aliphatic rings. The molecular weight excluding hydrogens is 192 g/mol. The second-order valence-corrected chi connectivity index (χ2v) is 4.43. The van der Waals surface area contributed by atoms with Crippen molar-refractivity contribution in [2.24, 2.45) is 5.92 Å². The standard InChI is InChI=1S/C11H22N2O2/c1-8(7-12-2)11(15)13-9-5-3-4-6-10(9)14/h8-10,12,14H,3-7H2,1-2H3,(H,13,15). The number of hydrogen-bond donors (Lipinski definition) is 3. The molecule has 1 saturated carbocycles. The summed E-state index contributed by atoms with van der Waals surface area (Å²) in [5.41, 5.74) is 0. The highest BCUT2D eigenvalue weighted by Gasteiger charge is 2.25. The van der Waals surface area contributed by atoms with Crippen LogP contribution in [0.4, 0.5) is 0 Å². The molecule has 0 aliphatic heterocycles. The zero-order valence-electron chi connectivity index (χ0n) is 9.62. The molecule has 0 aromatic rings. The van der Waals surface area contributed by atoms with Crippen LogP contribution in [0.15, 0.2) is 0 Å². The van der Waals surface area contributed by atoms with Crippen LogP contribution >= 0.6 is 0 Å². The summed E-state index contributed by atoms with van der Waals surface area (Å²) < 4.78 is 0. The molecule has 3 N–H and O–H groups in total. The first kappa shape index (κ1) is 12.5. The van der Waals surface area contributed by atoms with E-state index in [1.165, 1.54) is 0 Å². The van der Waals surface area contributed by atoms with E-state index < -0.39 is 0 Å². The van der Waals surface area contributed by atoms with Gasteiger partial charge in [-0.3, -0.25) is 4.79 Å². The van der Waals surface area contributed by atoms with Gasteiger partial charge in [-0.15, -0.1) is 0 Å². The molecule has 0 radical (unpaired) electrons. The molecule has 1 amide bonds. The Balaban J connectivity index is 2.35. The number of aliphatic hydroxyl groups is 1. The molecule has 3 atom stereocenters. The third-order valence-electron chi connectivity index (χ3n) is 3.02. The topological polar surface area (TPSA) is 61.4 Å². The van der Waals surface area contributed by atoms with E-state index >= 15 is 0 Å². The number of hydrogen-bond acceptors (Lipinski definition) is 3. The van der Waals surface area contributed by atoms with Gasteiger partial charge in [-0.05, 0) is 19.9 Å². The Morgan fingerprint density at radius 3 is 2.73 bits per heavy atom. The van der Waals surface area contributed by atoms with Crippen LogP contribution in [0.25, 0.3) is 0 Å². The summed E-state index contributed by atoms with van der Waals surface area (Å²) in [6.45, 7) is 2.57. The summed E-state index contributed by atoms with van der Waals surface area (Å²) in [6, 6.07) is -0.0365. The molecule has 0 aromatic heterocycles. The van der Waals surface area contributed by atoms with E-state index in [9.17, 15) is 9.90 Å². The van der Waals surface area contributed by atoms with Crippen LogP contribution in [-0.2, 0) is 4.79 Å². The van der Waals surface area contributed by atoms with Crippen molar-refractivity contribution in [3.05, 3.63) is 0 Å². The van der Waals surface area contributed by atoms with Crippen LogP contribution in [0.2, 0.25) is 0 Å². The summed E-state index contributed by atoms with van der Waals surface area (Å²) in [5, 5.41) is 15.6. The zero-order valence-corrected chi connectivity index (χ0v) is 9.62. The van der Waals surface area contributed by atoms with Gasteiger partial charge in [-0.25, -0.2) is 0 Å². The van der Waals surface area contributed by atoms with E-state index in [0.717, 1.165) is 25.7 Å². The second-order valence-electron chi connectivity index (χ2n) is 4.43. The lowest BCUT2D eigenvalue weighted by molar-refractivity contribution is -0.126. The highest BCUT2D eigenvalue weighted by atomic mass is 16.3. The number of nitrogens with one attached hydrogen (secondary N) is 2. The van der Waals surface area contributed by atoms with Crippen LogP contribution in [0.5, 0.6) is 0 Å². The van der Waals surface area contributed by atoms with E-state index in [-0.39, 0.29) is 24.0 Å². The van der Waals surface area contributed by atoms with Gasteiger partial charge in [0.2, 0.25) is 5.91 Å². The first-order valence-corrected chi connectivity index (χ1v) is 5.78. The van der Waals surface area contributed by atoms with Crippen LogP contribution < -0.4 is 10.6 Å². The molecule has 0 aromatic carbocycles. The number of aliphatic hydroxyl groups excluding tert-OH is 1. The maximum atomic E-state index is 11.7. The van der Waals surface area contributed by atoms with Crippen molar-refractivity contribution in [1.82, 2.24) is 10.6 Å². The highest BCUT2D eigenvalue weighted by molar-refractivity contribution is 5.78. The van der Waals surface area contributed by atoms with E-state index in [1.54, 1.807) is 0 Å². The third kappa shape index (κ3) is 3.80. The summed E-state index contributed by atoms with van der Waals surface area (Å²) in [5.74, 6) is -0.000531. The summed E-state index contributed by atoms with van der Waals surface area (Å²) in [7, 11) is 1.83. The summed E-state index contributed by atoms with van der Waals surface area (Å²) >= 11 is 0. The average molecular weight is 214 g/mol. The van der Waals surface area contributed by atoms with E-state index in [1.807, 2.05) is 14.0 Å². The number of rotatable bonds is 4. The van der Waals surface area contributed by atoms with Crippen molar-refractivity contribution in [2.75, 3.05) is 13.6 Å². The number of carbonyl (C=O) groups excluding carboxylic acids is 1. The van der Waals surface area contributed by atoms with Crippen LogP contribution in [0, 0.1) is 5.92 Å². The molecule has 88 valence electrons. The van der Waals surface area contributed by atoms with Crippen LogP contribution in [0.1, 0.15) is 32.6 Å². The monoisotopic (exact) mass is 214 g/mol. The van der Waals surface area contributed by atoms with Crippen LogP contribution in [0.3, 0.4) is 0 Å². The van der Waals surface area contributed by atoms with Gasteiger partial charge in [0.1, 0.15) is 0 Å². The van der Waals surface area contributed by atoms with Crippen molar-refractivity contribution in [2.45, 2.75) is 44.8 Å². The average Bonchev–Trinajstić information content (AvgIpc) is 2.21. The lowest BCUT2D eigenvalue weighted by atomic mass is 9.92. The third-order valence-corrected chi connectivity index (χ3v) is 3.02. The van der Waals surface area contributed by atoms with E-state index in [4.69, 9.17) is 0 Å². The van der Waals surface area contributed by atoms with Gasteiger partial charge in [0, 0.05) is 12.5 Å².